The third-order valence-electron chi connectivity index (χ3n) is 4.44. The number of para-hydroxylation sites is 1. The van der Waals surface area contributed by atoms with E-state index < -0.39 is 0 Å². The van der Waals surface area contributed by atoms with Gasteiger partial charge in [0, 0.05) is 34.7 Å². The summed E-state index contributed by atoms with van der Waals surface area (Å²) in [5.41, 5.74) is 3.52. The smallest absolute Gasteiger partial charge is 0.162 e. The summed E-state index contributed by atoms with van der Waals surface area (Å²) in [5, 5.41) is 5.47. The lowest BCUT2D eigenvalue weighted by atomic mass is 10.1. The van der Waals surface area contributed by atoms with Crippen LogP contribution in [0.25, 0.3) is 10.9 Å². The lowest BCUT2D eigenvalue weighted by Crippen LogP contribution is -2.17. The first kappa shape index (κ1) is 19.6. The normalized spacial score (nSPS) is 11.1. The minimum Gasteiger partial charge on any atom is -0.490 e. The van der Waals surface area contributed by atoms with Gasteiger partial charge in [0.2, 0.25) is 0 Å². The molecule has 3 aromatic rings. The molecule has 1 heterocycles. The molecule has 0 saturated heterocycles. The van der Waals surface area contributed by atoms with Crippen LogP contribution in [0.4, 0.5) is 0 Å². The van der Waals surface area contributed by atoms with Crippen molar-refractivity contribution < 1.29 is 9.47 Å². The number of hydrogen-bond acceptors (Lipinski definition) is 3. The van der Waals surface area contributed by atoms with Crippen molar-refractivity contribution in [3.8, 4) is 11.5 Å². The van der Waals surface area contributed by atoms with Crippen molar-refractivity contribution in [2.75, 3.05) is 19.8 Å². The minimum atomic E-state index is 0.595. The Labute approximate surface area is 165 Å². The van der Waals surface area contributed by atoms with E-state index in [1.165, 1.54) is 16.5 Å². The zero-order valence-electron chi connectivity index (χ0n) is 16.0. The number of nitrogens with one attached hydrogen (secondary N) is 2. The van der Waals surface area contributed by atoms with Crippen molar-refractivity contribution in [2.45, 2.75) is 33.2 Å². The van der Waals surface area contributed by atoms with Crippen molar-refractivity contribution in [2.24, 2.45) is 0 Å². The lowest BCUT2D eigenvalue weighted by molar-refractivity contribution is 0.276. The van der Waals surface area contributed by atoms with Gasteiger partial charge in [0.1, 0.15) is 0 Å². The molecule has 0 atom stereocenters. The summed E-state index contributed by atoms with van der Waals surface area (Å²) in [6.07, 6.45) is 3.99. The molecule has 0 bridgehead atoms. The van der Waals surface area contributed by atoms with Crippen LogP contribution in [-0.2, 0) is 13.0 Å². The van der Waals surface area contributed by atoms with E-state index in [0.717, 1.165) is 30.7 Å². The first-order valence-electron chi connectivity index (χ1n) is 9.56. The van der Waals surface area contributed by atoms with Gasteiger partial charge in [0.05, 0.1) is 13.2 Å². The van der Waals surface area contributed by atoms with Gasteiger partial charge in [0.15, 0.2) is 11.5 Å². The highest BCUT2D eigenvalue weighted by Gasteiger charge is 2.11. The number of ether oxygens (including phenoxy) is 2. The van der Waals surface area contributed by atoms with Crippen LogP contribution in [0.15, 0.2) is 42.6 Å². The van der Waals surface area contributed by atoms with Crippen LogP contribution >= 0.6 is 11.6 Å². The number of fused-ring (bicyclic) bond motifs is 1. The van der Waals surface area contributed by atoms with E-state index in [2.05, 4.69) is 41.6 Å². The fourth-order valence-corrected chi connectivity index (χ4v) is 3.31. The minimum absolute atomic E-state index is 0.595. The first-order valence-corrected chi connectivity index (χ1v) is 9.94. The Morgan fingerprint density at radius 1 is 1.04 bits per heavy atom. The van der Waals surface area contributed by atoms with Crippen molar-refractivity contribution in [3.63, 3.8) is 0 Å². The monoisotopic (exact) mass is 386 g/mol. The second-order valence-corrected chi connectivity index (χ2v) is 6.87. The molecule has 0 amide bonds. The van der Waals surface area contributed by atoms with E-state index in [0.29, 0.717) is 30.5 Å². The van der Waals surface area contributed by atoms with Crippen LogP contribution < -0.4 is 14.8 Å². The summed E-state index contributed by atoms with van der Waals surface area (Å²) in [7, 11) is 0. The SMILES string of the molecule is CCCOc1cc(Cl)c(CNCCc2c[nH]c3ccccc23)cc1OCC. The summed E-state index contributed by atoms with van der Waals surface area (Å²) in [6, 6.07) is 12.2. The summed E-state index contributed by atoms with van der Waals surface area (Å²) >= 11 is 6.46. The van der Waals surface area contributed by atoms with Crippen LogP contribution in [0.3, 0.4) is 0 Å². The molecule has 0 aliphatic rings. The van der Waals surface area contributed by atoms with Gasteiger partial charge in [-0.2, -0.15) is 0 Å². The van der Waals surface area contributed by atoms with Gasteiger partial charge >= 0.3 is 0 Å². The number of benzene rings is 2. The standard InChI is InChI=1S/C22H27ClN2O2/c1-3-11-27-22-13-19(23)17(12-21(22)26-4-2)14-24-10-9-16-15-25-20-8-6-5-7-18(16)20/h5-8,12-13,15,24-25H,3-4,9-11,14H2,1-2H3. The zero-order valence-corrected chi connectivity index (χ0v) is 16.7. The molecule has 144 valence electrons. The van der Waals surface area contributed by atoms with Gasteiger partial charge in [-0.05, 0) is 49.6 Å². The molecule has 5 heteroatoms. The number of hydrogen-bond donors (Lipinski definition) is 2. The second-order valence-electron chi connectivity index (χ2n) is 6.46. The van der Waals surface area contributed by atoms with Crippen molar-refractivity contribution in [1.82, 2.24) is 10.3 Å². The number of H-pyrrole nitrogens is 1. The number of aromatic amines is 1. The molecule has 2 aromatic carbocycles. The zero-order chi connectivity index (χ0) is 19.1. The molecule has 0 unspecified atom stereocenters. The average molecular weight is 387 g/mol. The molecule has 27 heavy (non-hydrogen) atoms. The third-order valence-corrected chi connectivity index (χ3v) is 4.79. The largest absolute Gasteiger partial charge is 0.490 e. The quantitative estimate of drug-likeness (QED) is 0.462. The van der Waals surface area contributed by atoms with Gasteiger partial charge in [-0.15, -0.1) is 0 Å². The fourth-order valence-electron chi connectivity index (χ4n) is 3.09. The highest BCUT2D eigenvalue weighted by atomic mass is 35.5. The van der Waals surface area contributed by atoms with E-state index in [4.69, 9.17) is 21.1 Å². The predicted molar refractivity (Wildman–Crippen MR) is 112 cm³/mol. The highest BCUT2D eigenvalue weighted by molar-refractivity contribution is 6.31. The molecule has 1 aromatic heterocycles. The van der Waals surface area contributed by atoms with Gasteiger partial charge < -0.3 is 19.8 Å². The Morgan fingerprint density at radius 3 is 2.67 bits per heavy atom. The second kappa shape index (κ2) is 9.67. The number of rotatable bonds is 10. The molecule has 0 fully saturated rings. The van der Waals surface area contributed by atoms with Crippen LogP contribution in [-0.4, -0.2) is 24.7 Å². The molecule has 0 saturated carbocycles. The Balaban J connectivity index is 1.60. The Morgan fingerprint density at radius 2 is 1.85 bits per heavy atom. The van der Waals surface area contributed by atoms with Gasteiger partial charge in [0.25, 0.3) is 0 Å². The summed E-state index contributed by atoms with van der Waals surface area (Å²) in [6.45, 7) is 6.85. The first-order chi connectivity index (χ1) is 13.2. The van der Waals surface area contributed by atoms with E-state index in [1.807, 2.05) is 25.1 Å². The Hall–Kier alpha value is -2.17. The van der Waals surface area contributed by atoms with Crippen LogP contribution in [0.1, 0.15) is 31.4 Å². The molecule has 0 spiro atoms. The van der Waals surface area contributed by atoms with Crippen LogP contribution in [0.2, 0.25) is 5.02 Å². The maximum Gasteiger partial charge on any atom is 0.162 e. The highest BCUT2D eigenvalue weighted by Crippen LogP contribution is 2.33. The van der Waals surface area contributed by atoms with Crippen molar-refractivity contribution >= 4 is 22.5 Å². The molecule has 2 N–H and O–H groups in total. The summed E-state index contributed by atoms with van der Waals surface area (Å²) in [4.78, 5) is 3.32. The van der Waals surface area contributed by atoms with E-state index in [1.54, 1.807) is 0 Å². The average Bonchev–Trinajstić information content (AvgIpc) is 3.09. The molecule has 0 aliphatic heterocycles. The molecular weight excluding hydrogens is 360 g/mol. The van der Waals surface area contributed by atoms with Gasteiger partial charge in [-0.25, -0.2) is 0 Å². The van der Waals surface area contributed by atoms with E-state index in [9.17, 15) is 0 Å². The third kappa shape index (κ3) is 4.96. The molecular formula is C22H27ClN2O2. The maximum atomic E-state index is 6.46. The summed E-state index contributed by atoms with van der Waals surface area (Å²) < 4.78 is 11.5. The Bertz CT molecular complexity index is 876. The topological polar surface area (TPSA) is 46.3 Å². The molecule has 0 radical (unpaired) electrons. The van der Waals surface area contributed by atoms with Crippen molar-refractivity contribution in [3.05, 3.63) is 58.7 Å². The predicted octanol–water partition coefficient (Wildman–Crippen LogP) is 5.34. The molecule has 3 rings (SSSR count). The van der Waals surface area contributed by atoms with Crippen LogP contribution in [0, 0.1) is 0 Å². The molecule has 0 aliphatic carbocycles. The van der Waals surface area contributed by atoms with Gasteiger partial charge in [-0.1, -0.05) is 36.7 Å². The Kier molecular flexibility index (Phi) is 7.02. The van der Waals surface area contributed by atoms with E-state index >= 15 is 0 Å². The summed E-state index contributed by atoms with van der Waals surface area (Å²) in [5.74, 6) is 1.47. The van der Waals surface area contributed by atoms with Gasteiger partial charge in [-0.3, -0.25) is 0 Å². The van der Waals surface area contributed by atoms with E-state index in [-0.39, 0.29) is 0 Å². The molecule has 4 nitrogen and oxygen atoms in total. The maximum absolute atomic E-state index is 6.46. The lowest BCUT2D eigenvalue weighted by Gasteiger charge is -2.15. The van der Waals surface area contributed by atoms with Crippen molar-refractivity contribution in [1.29, 1.82) is 0 Å². The number of aromatic nitrogens is 1. The number of halogens is 1. The van der Waals surface area contributed by atoms with Crippen LogP contribution in [0.5, 0.6) is 11.5 Å². The fraction of sp³-hybridized carbons (Fsp3) is 0.364.